The van der Waals surface area contributed by atoms with Crippen molar-refractivity contribution in [1.29, 1.82) is 0 Å². The minimum atomic E-state index is -0.134. The molecule has 2 nitrogen and oxygen atoms in total. The van der Waals surface area contributed by atoms with Crippen molar-refractivity contribution >= 4 is 5.91 Å². The van der Waals surface area contributed by atoms with E-state index in [0.717, 1.165) is 19.3 Å². The Morgan fingerprint density at radius 2 is 2.13 bits per heavy atom. The molecule has 0 aliphatic heterocycles. The summed E-state index contributed by atoms with van der Waals surface area (Å²) < 4.78 is 0. The Morgan fingerprint density at radius 3 is 2.67 bits per heavy atom. The van der Waals surface area contributed by atoms with Crippen molar-refractivity contribution in [2.75, 3.05) is 0 Å². The molecule has 2 unspecified atom stereocenters. The van der Waals surface area contributed by atoms with Gasteiger partial charge in [0.15, 0.2) is 0 Å². The molecule has 1 amide bonds. The van der Waals surface area contributed by atoms with Gasteiger partial charge >= 0.3 is 0 Å². The van der Waals surface area contributed by atoms with Crippen LogP contribution in [-0.4, -0.2) is 5.91 Å². The third-order valence-electron chi connectivity index (χ3n) is 3.52. The van der Waals surface area contributed by atoms with E-state index in [2.05, 4.69) is 31.2 Å². The Labute approximate surface area is 90.5 Å². The highest BCUT2D eigenvalue weighted by atomic mass is 16.1. The van der Waals surface area contributed by atoms with Gasteiger partial charge in [0.1, 0.15) is 0 Å². The van der Waals surface area contributed by atoms with Gasteiger partial charge in [0.2, 0.25) is 5.91 Å². The summed E-state index contributed by atoms with van der Waals surface area (Å²) in [5, 5.41) is 0. The van der Waals surface area contributed by atoms with Crippen molar-refractivity contribution in [3.8, 4) is 0 Å². The molecule has 0 bridgehead atoms. The van der Waals surface area contributed by atoms with E-state index in [0.29, 0.717) is 0 Å². The zero-order chi connectivity index (χ0) is 10.9. The second kappa shape index (κ2) is 3.69. The highest BCUT2D eigenvalue weighted by Gasteiger charge is 2.52. The monoisotopic (exact) mass is 203 g/mol. The number of aryl methyl sites for hydroxylation is 1. The molecular formula is C13H17NO. The Morgan fingerprint density at radius 1 is 1.47 bits per heavy atom. The summed E-state index contributed by atoms with van der Waals surface area (Å²) >= 11 is 0. The van der Waals surface area contributed by atoms with Crippen LogP contribution in [0.1, 0.15) is 25.3 Å². The van der Waals surface area contributed by atoms with Crippen LogP contribution in [0.2, 0.25) is 0 Å². The van der Waals surface area contributed by atoms with Crippen molar-refractivity contribution in [2.24, 2.45) is 17.1 Å². The van der Waals surface area contributed by atoms with Crippen LogP contribution in [0.3, 0.4) is 0 Å². The van der Waals surface area contributed by atoms with Gasteiger partial charge in [-0.1, -0.05) is 37.3 Å². The topological polar surface area (TPSA) is 43.1 Å². The first-order valence-electron chi connectivity index (χ1n) is 5.45. The van der Waals surface area contributed by atoms with Gasteiger partial charge in [-0.2, -0.15) is 0 Å². The summed E-state index contributed by atoms with van der Waals surface area (Å²) in [6.07, 6.45) is 3.07. The first-order valence-corrected chi connectivity index (χ1v) is 5.45. The van der Waals surface area contributed by atoms with Crippen LogP contribution in [0.25, 0.3) is 0 Å². The smallest absolute Gasteiger partial charge is 0.221 e. The van der Waals surface area contributed by atoms with Gasteiger partial charge in [-0.3, -0.25) is 4.79 Å². The minimum Gasteiger partial charge on any atom is -0.369 e. The lowest BCUT2D eigenvalue weighted by Crippen LogP contribution is -2.17. The second-order valence-corrected chi connectivity index (χ2v) is 4.80. The Balaban J connectivity index is 1.88. The zero-order valence-corrected chi connectivity index (χ0v) is 9.07. The van der Waals surface area contributed by atoms with Gasteiger partial charge in [0.25, 0.3) is 0 Å². The van der Waals surface area contributed by atoms with Crippen LogP contribution in [0.15, 0.2) is 30.3 Å². The number of carbonyl (C=O) groups excluding carboxylic acids is 1. The van der Waals surface area contributed by atoms with E-state index < -0.39 is 0 Å². The summed E-state index contributed by atoms with van der Waals surface area (Å²) in [5.74, 6) is -0.0215. The lowest BCUT2D eigenvalue weighted by molar-refractivity contribution is -0.119. The molecule has 0 heterocycles. The predicted molar refractivity (Wildman–Crippen MR) is 60.2 cm³/mol. The molecule has 1 aromatic carbocycles. The van der Waals surface area contributed by atoms with Crippen LogP contribution >= 0.6 is 0 Å². The molecule has 2 N–H and O–H groups in total. The molecule has 2 atom stereocenters. The highest BCUT2D eigenvalue weighted by Crippen LogP contribution is 2.55. The molecule has 80 valence electrons. The molecular weight excluding hydrogens is 186 g/mol. The van der Waals surface area contributed by atoms with Gasteiger partial charge < -0.3 is 5.73 Å². The molecule has 1 aromatic rings. The third kappa shape index (κ3) is 2.20. The van der Waals surface area contributed by atoms with E-state index in [1.165, 1.54) is 5.56 Å². The number of hydrogen-bond acceptors (Lipinski definition) is 1. The first kappa shape index (κ1) is 10.2. The molecule has 1 fully saturated rings. The van der Waals surface area contributed by atoms with E-state index >= 15 is 0 Å². The molecule has 15 heavy (non-hydrogen) atoms. The molecule has 0 radical (unpaired) electrons. The number of primary amides is 1. The largest absolute Gasteiger partial charge is 0.369 e. The number of amides is 1. The van der Waals surface area contributed by atoms with Crippen LogP contribution in [0.4, 0.5) is 0 Å². The summed E-state index contributed by atoms with van der Waals surface area (Å²) in [4.78, 5) is 11.0. The Bertz CT molecular complexity index is 360. The van der Waals surface area contributed by atoms with Crippen LogP contribution < -0.4 is 5.73 Å². The van der Waals surface area contributed by atoms with Gasteiger partial charge in [-0.15, -0.1) is 0 Å². The van der Waals surface area contributed by atoms with Gasteiger partial charge in [-0.25, -0.2) is 0 Å². The molecule has 1 aliphatic rings. The Kier molecular flexibility index (Phi) is 2.51. The summed E-state index contributed by atoms with van der Waals surface area (Å²) in [6, 6.07) is 10.4. The molecule has 0 spiro atoms. The van der Waals surface area contributed by atoms with Gasteiger partial charge in [-0.05, 0) is 30.2 Å². The lowest BCUT2D eigenvalue weighted by atomic mass is 9.96. The molecule has 1 aliphatic carbocycles. The zero-order valence-electron chi connectivity index (χ0n) is 9.07. The SMILES string of the molecule is CC1(CCc2ccccc2)CC1C(N)=O. The maximum atomic E-state index is 11.0. The van der Waals surface area contributed by atoms with Crippen molar-refractivity contribution in [2.45, 2.75) is 26.2 Å². The second-order valence-electron chi connectivity index (χ2n) is 4.80. The molecule has 2 heteroatoms. The number of carbonyl (C=O) groups is 1. The fourth-order valence-corrected chi connectivity index (χ4v) is 2.20. The average Bonchev–Trinajstić information content (AvgIpc) is 2.91. The number of rotatable bonds is 4. The fraction of sp³-hybridized carbons (Fsp3) is 0.462. The predicted octanol–water partition coefficient (Wildman–Crippen LogP) is 2.13. The normalized spacial score (nSPS) is 28.7. The first-order chi connectivity index (χ1) is 7.12. The van der Waals surface area contributed by atoms with E-state index in [1.54, 1.807) is 0 Å². The maximum absolute atomic E-state index is 11.0. The van der Waals surface area contributed by atoms with E-state index in [1.807, 2.05) is 6.07 Å². The van der Waals surface area contributed by atoms with Crippen molar-refractivity contribution in [1.82, 2.24) is 0 Å². The van der Waals surface area contributed by atoms with Crippen molar-refractivity contribution in [3.63, 3.8) is 0 Å². The van der Waals surface area contributed by atoms with Crippen LogP contribution in [-0.2, 0) is 11.2 Å². The lowest BCUT2D eigenvalue weighted by Gasteiger charge is -2.09. The van der Waals surface area contributed by atoms with Crippen LogP contribution in [0, 0.1) is 11.3 Å². The summed E-state index contributed by atoms with van der Waals surface area (Å²) in [7, 11) is 0. The maximum Gasteiger partial charge on any atom is 0.221 e. The van der Waals surface area contributed by atoms with Gasteiger partial charge in [0.05, 0.1) is 0 Å². The minimum absolute atomic E-state index is 0.112. The van der Waals surface area contributed by atoms with E-state index in [9.17, 15) is 4.79 Å². The average molecular weight is 203 g/mol. The molecule has 0 saturated heterocycles. The van der Waals surface area contributed by atoms with Gasteiger partial charge in [0, 0.05) is 5.92 Å². The number of nitrogens with two attached hydrogens (primary N) is 1. The van der Waals surface area contributed by atoms with E-state index in [-0.39, 0.29) is 17.2 Å². The standard InChI is InChI=1S/C13H17NO/c1-13(9-11(13)12(14)15)8-7-10-5-3-2-4-6-10/h2-6,11H,7-9H2,1H3,(H2,14,15). The molecule has 0 aromatic heterocycles. The van der Waals surface area contributed by atoms with Crippen molar-refractivity contribution < 1.29 is 4.79 Å². The number of hydrogen-bond donors (Lipinski definition) is 1. The quantitative estimate of drug-likeness (QED) is 0.800. The summed E-state index contributed by atoms with van der Waals surface area (Å²) in [6.45, 7) is 2.16. The highest BCUT2D eigenvalue weighted by molar-refractivity contribution is 5.80. The number of benzene rings is 1. The van der Waals surface area contributed by atoms with Crippen LogP contribution in [0.5, 0.6) is 0 Å². The van der Waals surface area contributed by atoms with E-state index in [4.69, 9.17) is 5.73 Å². The molecule has 2 rings (SSSR count). The fourth-order valence-electron chi connectivity index (χ4n) is 2.20. The Hall–Kier alpha value is -1.31. The summed E-state index contributed by atoms with van der Waals surface area (Å²) in [5.41, 5.74) is 6.81. The molecule has 1 saturated carbocycles. The third-order valence-corrected chi connectivity index (χ3v) is 3.52. The van der Waals surface area contributed by atoms with Crippen molar-refractivity contribution in [3.05, 3.63) is 35.9 Å².